The second-order valence-corrected chi connectivity index (χ2v) is 8.83. The Hall–Kier alpha value is -3.43. The van der Waals surface area contributed by atoms with Gasteiger partial charge in [-0.2, -0.15) is 5.26 Å². The summed E-state index contributed by atoms with van der Waals surface area (Å²) < 4.78 is 16.1. The van der Waals surface area contributed by atoms with E-state index >= 15 is 0 Å². The fraction of sp³-hybridized carbons (Fsp3) is 0.308. The maximum atomic E-state index is 14.0. The molecule has 0 spiro atoms. The number of halogens is 1. The molecule has 162 valence electrons. The Bertz CT molecular complexity index is 1360. The van der Waals surface area contributed by atoms with Gasteiger partial charge in [-0.3, -0.25) is 4.40 Å². The van der Waals surface area contributed by atoms with Gasteiger partial charge >= 0.3 is 0 Å². The summed E-state index contributed by atoms with van der Waals surface area (Å²) in [5, 5.41) is 10.1. The number of fused-ring (bicyclic) bond motifs is 3. The van der Waals surface area contributed by atoms with Crippen molar-refractivity contribution in [1.82, 2.24) is 14.3 Å². The van der Waals surface area contributed by atoms with Gasteiger partial charge in [0.25, 0.3) is 0 Å². The van der Waals surface area contributed by atoms with E-state index in [0.29, 0.717) is 23.7 Å². The van der Waals surface area contributed by atoms with E-state index in [9.17, 15) is 9.65 Å². The zero-order chi connectivity index (χ0) is 22.4. The highest BCUT2D eigenvalue weighted by molar-refractivity contribution is 5.86. The van der Waals surface area contributed by atoms with Crippen molar-refractivity contribution in [3.05, 3.63) is 76.6 Å². The summed E-state index contributed by atoms with van der Waals surface area (Å²) in [6, 6.07) is 17.6. The van der Waals surface area contributed by atoms with Crippen LogP contribution in [0, 0.1) is 24.1 Å². The van der Waals surface area contributed by atoms with Crippen LogP contribution < -0.4 is 4.90 Å². The Morgan fingerprint density at radius 1 is 1.19 bits per heavy atom. The van der Waals surface area contributed by atoms with Crippen molar-refractivity contribution in [3.63, 3.8) is 0 Å². The summed E-state index contributed by atoms with van der Waals surface area (Å²) in [6.45, 7) is 3.82. The van der Waals surface area contributed by atoms with Gasteiger partial charge < -0.3 is 9.80 Å². The molecule has 0 radical (unpaired) electrons. The molecule has 6 heteroatoms. The van der Waals surface area contributed by atoms with E-state index in [1.54, 1.807) is 12.1 Å². The first kappa shape index (κ1) is 20.5. The van der Waals surface area contributed by atoms with Crippen molar-refractivity contribution in [3.8, 4) is 6.07 Å². The molecule has 1 aliphatic rings. The van der Waals surface area contributed by atoms with Crippen LogP contribution in [0.15, 0.2) is 48.5 Å². The van der Waals surface area contributed by atoms with E-state index in [1.165, 1.54) is 6.07 Å². The summed E-state index contributed by atoms with van der Waals surface area (Å²) in [6.07, 6.45) is 1.62. The number of pyridine rings is 1. The van der Waals surface area contributed by atoms with Gasteiger partial charge in [-0.15, -0.1) is 0 Å². The van der Waals surface area contributed by atoms with E-state index in [0.717, 1.165) is 53.1 Å². The lowest BCUT2D eigenvalue weighted by molar-refractivity contribution is 0.315. The van der Waals surface area contributed by atoms with Gasteiger partial charge in [0.1, 0.15) is 17.7 Å². The maximum absolute atomic E-state index is 14.0. The second kappa shape index (κ2) is 7.92. The minimum Gasteiger partial charge on any atom is -0.356 e. The molecule has 1 aliphatic heterocycles. The molecule has 0 amide bonds. The summed E-state index contributed by atoms with van der Waals surface area (Å²) in [5.74, 6) is 0.823. The molecular weight excluding hydrogens is 401 g/mol. The van der Waals surface area contributed by atoms with Crippen LogP contribution in [-0.2, 0) is 6.42 Å². The molecule has 5 rings (SSSR count). The Labute approximate surface area is 187 Å². The molecule has 0 N–H and O–H groups in total. The summed E-state index contributed by atoms with van der Waals surface area (Å²) >= 11 is 0. The molecule has 4 aromatic rings. The first-order valence-corrected chi connectivity index (χ1v) is 11.0. The zero-order valence-electron chi connectivity index (χ0n) is 18.6. The van der Waals surface area contributed by atoms with E-state index in [4.69, 9.17) is 4.98 Å². The van der Waals surface area contributed by atoms with Gasteiger partial charge in [-0.1, -0.05) is 24.3 Å². The van der Waals surface area contributed by atoms with E-state index < -0.39 is 0 Å². The number of nitriles is 1. The number of imidazole rings is 1. The topological polar surface area (TPSA) is 47.6 Å². The monoisotopic (exact) mass is 427 g/mol. The average molecular weight is 428 g/mol. The third-order valence-corrected chi connectivity index (χ3v) is 6.67. The van der Waals surface area contributed by atoms with Gasteiger partial charge in [-0.25, -0.2) is 9.37 Å². The number of hydrogen-bond donors (Lipinski definition) is 0. The van der Waals surface area contributed by atoms with E-state index in [-0.39, 0.29) is 5.82 Å². The van der Waals surface area contributed by atoms with Crippen LogP contribution in [0.2, 0.25) is 0 Å². The van der Waals surface area contributed by atoms with Gasteiger partial charge in [0.15, 0.2) is 5.65 Å². The number of para-hydroxylation sites is 2. The molecule has 0 unspecified atom stereocenters. The molecule has 1 saturated heterocycles. The second-order valence-electron chi connectivity index (χ2n) is 8.83. The number of hydrogen-bond acceptors (Lipinski definition) is 4. The van der Waals surface area contributed by atoms with E-state index in [1.807, 2.05) is 31.2 Å². The molecule has 1 atom stereocenters. The number of likely N-dealkylation sites (N-methyl/N-ethyl adjacent to an activating group) is 1. The van der Waals surface area contributed by atoms with Gasteiger partial charge in [0.2, 0.25) is 0 Å². The predicted molar refractivity (Wildman–Crippen MR) is 126 cm³/mol. The van der Waals surface area contributed by atoms with Crippen LogP contribution in [0.1, 0.15) is 28.7 Å². The third kappa shape index (κ3) is 3.30. The molecule has 32 heavy (non-hydrogen) atoms. The van der Waals surface area contributed by atoms with Crippen LogP contribution in [0.3, 0.4) is 0 Å². The average Bonchev–Trinajstić information content (AvgIpc) is 3.40. The van der Waals surface area contributed by atoms with Crippen molar-refractivity contribution < 1.29 is 4.39 Å². The van der Waals surface area contributed by atoms with Crippen molar-refractivity contribution in [2.24, 2.45) is 0 Å². The third-order valence-electron chi connectivity index (χ3n) is 6.67. The van der Waals surface area contributed by atoms with Crippen molar-refractivity contribution in [1.29, 1.82) is 5.26 Å². The highest BCUT2D eigenvalue weighted by Crippen LogP contribution is 2.36. The van der Waals surface area contributed by atoms with Crippen LogP contribution in [0.4, 0.5) is 10.2 Å². The summed E-state index contributed by atoms with van der Waals surface area (Å²) in [4.78, 5) is 9.52. The van der Waals surface area contributed by atoms with Crippen LogP contribution in [0.5, 0.6) is 0 Å². The normalized spacial score (nSPS) is 16.4. The van der Waals surface area contributed by atoms with Gasteiger partial charge in [-0.05, 0) is 62.8 Å². The lowest BCUT2D eigenvalue weighted by Gasteiger charge is -2.27. The van der Waals surface area contributed by atoms with Crippen molar-refractivity contribution in [2.45, 2.75) is 25.8 Å². The minimum absolute atomic E-state index is 0.245. The highest BCUT2D eigenvalue weighted by atomic mass is 19.1. The minimum atomic E-state index is -0.245. The highest BCUT2D eigenvalue weighted by Gasteiger charge is 2.30. The fourth-order valence-electron chi connectivity index (χ4n) is 4.91. The summed E-state index contributed by atoms with van der Waals surface area (Å²) in [7, 11) is 4.24. The number of benzene rings is 2. The quantitative estimate of drug-likeness (QED) is 0.480. The smallest absolute Gasteiger partial charge is 0.157 e. The maximum Gasteiger partial charge on any atom is 0.157 e. The Morgan fingerprint density at radius 3 is 2.72 bits per heavy atom. The Balaban J connectivity index is 1.81. The molecule has 0 bridgehead atoms. The number of aromatic nitrogens is 2. The van der Waals surface area contributed by atoms with Crippen LogP contribution in [0.25, 0.3) is 16.7 Å². The standard InChI is InChI=1S/C26H26FN5/c1-17-21(14-18-7-6-8-19(27)13-18)26(31-12-11-20(16-31)30(2)3)32-24-10-5-4-9-23(24)29-25(32)22(17)15-28/h4-10,13,20H,11-12,14,16H2,1-3H3/t20-/m0/s1. The first-order valence-electron chi connectivity index (χ1n) is 11.0. The molecule has 0 saturated carbocycles. The van der Waals surface area contributed by atoms with Crippen LogP contribution >= 0.6 is 0 Å². The number of nitrogens with zero attached hydrogens (tertiary/aromatic N) is 5. The molecule has 5 nitrogen and oxygen atoms in total. The van der Waals surface area contributed by atoms with Gasteiger partial charge in [0, 0.05) is 31.1 Å². The first-order chi connectivity index (χ1) is 15.5. The largest absolute Gasteiger partial charge is 0.356 e. The molecule has 0 aliphatic carbocycles. The molecular formula is C26H26FN5. The lowest BCUT2D eigenvalue weighted by Crippen LogP contribution is -2.32. The SMILES string of the molecule is Cc1c(Cc2cccc(F)c2)c(N2CC[C@H](N(C)C)C2)n2c(nc3ccccc32)c1C#N. The fourth-order valence-corrected chi connectivity index (χ4v) is 4.91. The predicted octanol–water partition coefficient (Wildman–Crippen LogP) is 4.54. The van der Waals surface area contributed by atoms with Gasteiger partial charge in [0.05, 0.1) is 16.6 Å². The number of rotatable bonds is 4. The molecule has 2 aromatic heterocycles. The zero-order valence-corrected chi connectivity index (χ0v) is 18.6. The molecule has 2 aromatic carbocycles. The molecule has 3 heterocycles. The Morgan fingerprint density at radius 2 is 2.00 bits per heavy atom. The lowest BCUT2D eigenvalue weighted by atomic mass is 9.97. The summed E-state index contributed by atoms with van der Waals surface area (Å²) in [5.41, 5.74) is 6.01. The number of anilines is 1. The van der Waals surface area contributed by atoms with Crippen LogP contribution in [-0.4, -0.2) is 47.5 Å². The Kier molecular flexibility index (Phi) is 5.07. The van der Waals surface area contributed by atoms with E-state index in [2.05, 4.69) is 40.4 Å². The van der Waals surface area contributed by atoms with Crippen molar-refractivity contribution >= 4 is 22.5 Å². The molecule has 1 fully saturated rings. The van der Waals surface area contributed by atoms with Crippen molar-refractivity contribution in [2.75, 3.05) is 32.1 Å².